The quantitative estimate of drug-likeness (QED) is 0.819. The van der Waals surface area contributed by atoms with Crippen LogP contribution in [0, 0.1) is 3.57 Å². The number of carbonyl (C=O) groups excluding carboxylic acids is 1. The molecule has 0 saturated carbocycles. The summed E-state index contributed by atoms with van der Waals surface area (Å²) in [7, 11) is 0. The maximum absolute atomic E-state index is 12.0. The summed E-state index contributed by atoms with van der Waals surface area (Å²) in [4.78, 5) is 16.0. The molecule has 1 amide bonds. The first kappa shape index (κ1) is 14.3. The van der Waals surface area contributed by atoms with Gasteiger partial charge in [-0.1, -0.05) is 17.7 Å². The third-order valence-electron chi connectivity index (χ3n) is 2.60. The Labute approximate surface area is 130 Å². The van der Waals surface area contributed by atoms with Crippen LogP contribution in [0.25, 0.3) is 0 Å². The molecule has 0 aliphatic heterocycles. The maximum atomic E-state index is 12.0. The van der Waals surface area contributed by atoms with E-state index in [0.29, 0.717) is 17.1 Å². The Hall–Kier alpha value is -1.14. The normalized spacial score (nSPS) is 10.2. The third-order valence-corrected chi connectivity index (χ3v) is 3.73. The van der Waals surface area contributed by atoms with Crippen molar-refractivity contribution in [2.75, 3.05) is 6.54 Å². The number of aromatic nitrogens is 1. The largest absolute Gasteiger partial charge is 0.352 e. The van der Waals surface area contributed by atoms with E-state index < -0.39 is 0 Å². The zero-order chi connectivity index (χ0) is 13.7. The molecule has 2 rings (SSSR count). The molecule has 1 aromatic carbocycles. The monoisotopic (exact) mass is 386 g/mol. The fourth-order valence-corrected chi connectivity index (χ4v) is 2.75. The Morgan fingerprint density at radius 1 is 1.37 bits per heavy atom. The summed E-state index contributed by atoms with van der Waals surface area (Å²) in [6.45, 7) is 0.587. The lowest BCUT2D eigenvalue weighted by Crippen LogP contribution is -2.26. The molecule has 0 atom stereocenters. The van der Waals surface area contributed by atoms with Crippen LogP contribution in [0.2, 0.25) is 5.02 Å². The maximum Gasteiger partial charge on any atom is 0.252 e. The molecule has 1 heterocycles. The van der Waals surface area contributed by atoms with Crippen LogP contribution in [0.15, 0.2) is 42.7 Å². The van der Waals surface area contributed by atoms with E-state index in [1.54, 1.807) is 30.6 Å². The van der Waals surface area contributed by atoms with Gasteiger partial charge in [0.25, 0.3) is 5.91 Å². The Morgan fingerprint density at radius 3 is 2.89 bits per heavy atom. The van der Waals surface area contributed by atoms with E-state index in [9.17, 15) is 4.79 Å². The highest BCUT2D eigenvalue weighted by atomic mass is 127. The van der Waals surface area contributed by atoms with Gasteiger partial charge in [0, 0.05) is 27.5 Å². The Balaban J connectivity index is 1.91. The smallest absolute Gasteiger partial charge is 0.252 e. The SMILES string of the molecule is O=C(NCCc1cccnc1)c1ccc(Cl)cc1I. The molecule has 3 nitrogen and oxygen atoms in total. The second kappa shape index (κ2) is 6.86. The molecule has 1 N–H and O–H groups in total. The lowest BCUT2D eigenvalue weighted by Gasteiger charge is -2.07. The number of hydrogen-bond acceptors (Lipinski definition) is 2. The second-order valence-electron chi connectivity index (χ2n) is 3.99. The van der Waals surface area contributed by atoms with Crippen LogP contribution < -0.4 is 5.32 Å². The van der Waals surface area contributed by atoms with E-state index in [0.717, 1.165) is 15.6 Å². The number of rotatable bonds is 4. The highest BCUT2D eigenvalue weighted by molar-refractivity contribution is 14.1. The minimum atomic E-state index is -0.0787. The van der Waals surface area contributed by atoms with Crippen LogP contribution >= 0.6 is 34.2 Å². The van der Waals surface area contributed by atoms with Gasteiger partial charge in [-0.2, -0.15) is 0 Å². The molecular formula is C14H12ClIN2O. The van der Waals surface area contributed by atoms with Crippen molar-refractivity contribution in [1.82, 2.24) is 10.3 Å². The number of pyridine rings is 1. The number of carbonyl (C=O) groups is 1. The lowest BCUT2D eigenvalue weighted by atomic mass is 10.2. The molecule has 0 spiro atoms. The average Bonchev–Trinajstić information content (AvgIpc) is 2.39. The van der Waals surface area contributed by atoms with Crippen LogP contribution in [-0.4, -0.2) is 17.4 Å². The van der Waals surface area contributed by atoms with Crippen molar-refractivity contribution in [2.24, 2.45) is 0 Å². The molecule has 1 aromatic heterocycles. The Morgan fingerprint density at radius 2 is 2.21 bits per heavy atom. The van der Waals surface area contributed by atoms with Gasteiger partial charge in [-0.25, -0.2) is 0 Å². The van der Waals surface area contributed by atoms with Gasteiger partial charge in [-0.15, -0.1) is 0 Å². The lowest BCUT2D eigenvalue weighted by molar-refractivity contribution is 0.0953. The van der Waals surface area contributed by atoms with E-state index in [2.05, 4.69) is 32.9 Å². The predicted molar refractivity (Wildman–Crippen MR) is 84.4 cm³/mol. The zero-order valence-electron chi connectivity index (χ0n) is 10.1. The minimum Gasteiger partial charge on any atom is -0.352 e. The zero-order valence-corrected chi connectivity index (χ0v) is 13.0. The molecule has 0 aliphatic carbocycles. The molecule has 2 aromatic rings. The van der Waals surface area contributed by atoms with Crippen molar-refractivity contribution < 1.29 is 4.79 Å². The summed E-state index contributed by atoms with van der Waals surface area (Å²) < 4.78 is 0.851. The van der Waals surface area contributed by atoms with Gasteiger partial charge in [0.15, 0.2) is 0 Å². The van der Waals surface area contributed by atoms with E-state index in [1.807, 2.05) is 12.1 Å². The summed E-state index contributed by atoms with van der Waals surface area (Å²) in [6.07, 6.45) is 4.31. The topological polar surface area (TPSA) is 42.0 Å². The standard InChI is InChI=1S/C14H12ClIN2O/c15-11-3-4-12(13(16)8-11)14(19)18-7-5-10-2-1-6-17-9-10/h1-4,6,8-9H,5,7H2,(H,18,19). The fraction of sp³-hybridized carbons (Fsp3) is 0.143. The highest BCUT2D eigenvalue weighted by Gasteiger charge is 2.09. The summed E-state index contributed by atoms with van der Waals surface area (Å²) in [5, 5.41) is 3.53. The molecule has 5 heteroatoms. The number of amides is 1. The van der Waals surface area contributed by atoms with Gasteiger partial charge >= 0.3 is 0 Å². The first-order chi connectivity index (χ1) is 9.16. The van der Waals surface area contributed by atoms with Gasteiger partial charge in [-0.3, -0.25) is 9.78 Å². The molecule has 0 saturated heterocycles. The van der Waals surface area contributed by atoms with E-state index >= 15 is 0 Å². The number of nitrogens with one attached hydrogen (secondary N) is 1. The summed E-state index contributed by atoms with van der Waals surface area (Å²) in [5.41, 5.74) is 1.75. The van der Waals surface area contributed by atoms with Gasteiger partial charge < -0.3 is 5.32 Å². The first-order valence-corrected chi connectivity index (χ1v) is 7.24. The summed E-state index contributed by atoms with van der Waals surface area (Å²) in [5.74, 6) is -0.0787. The highest BCUT2D eigenvalue weighted by Crippen LogP contribution is 2.17. The molecular weight excluding hydrogens is 375 g/mol. The van der Waals surface area contributed by atoms with Crippen LogP contribution in [0.5, 0.6) is 0 Å². The molecule has 0 bridgehead atoms. The van der Waals surface area contributed by atoms with Gasteiger partial charge in [0.05, 0.1) is 5.56 Å². The second-order valence-corrected chi connectivity index (χ2v) is 5.59. The van der Waals surface area contributed by atoms with Crippen molar-refractivity contribution >= 4 is 40.1 Å². The summed E-state index contributed by atoms with van der Waals surface area (Å²) in [6, 6.07) is 9.12. The van der Waals surface area contributed by atoms with Crippen LogP contribution in [-0.2, 0) is 6.42 Å². The number of nitrogens with zero attached hydrogens (tertiary/aromatic N) is 1. The Kier molecular flexibility index (Phi) is 5.15. The van der Waals surface area contributed by atoms with E-state index in [1.165, 1.54) is 0 Å². The molecule has 0 unspecified atom stereocenters. The number of benzene rings is 1. The predicted octanol–water partition coefficient (Wildman–Crippen LogP) is 3.31. The molecule has 0 aliphatic rings. The minimum absolute atomic E-state index is 0.0787. The van der Waals surface area contributed by atoms with Gasteiger partial charge in [0.1, 0.15) is 0 Å². The molecule has 19 heavy (non-hydrogen) atoms. The molecule has 98 valence electrons. The van der Waals surface area contributed by atoms with Crippen molar-refractivity contribution in [3.63, 3.8) is 0 Å². The molecule has 0 radical (unpaired) electrons. The number of hydrogen-bond donors (Lipinski definition) is 1. The van der Waals surface area contributed by atoms with Crippen molar-refractivity contribution in [3.8, 4) is 0 Å². The Bertz CT molecular complexity index is 575. The first-order valence-electron chi connectivity index (χ1n) is 5.79. The van der Waals surface area contributed by atoms with Crippen molar-refractivity contribution in [2.45, 2.75) is 6.42 Å². The van der Waals surface area contributed by atoms with E-state index in [4.69, 9.17) is 11.6 Å². The van der Waals surface area contributed by atoms with Crippen molar-refractivity contribution in [1.29, 1.82) is 0 Å². The van der Waals surface area contributed by atoms with Crippen molar-refractivity contribution in [3.05, 3.63) is 62.4 Å². The van der Waals surface area contributed by atoms with Crippen LogP contribution in [0.1, 0.15) is 15.9 Å². The van der Waals surface area contributed by atoms with E-state index in [-0.39, 0.29) is 5.91 Å². The van der Waals surface area contributed by atoms with Crippen LogP contribution in [0.3, 0.4) is 0 Å². The number of halogens is 2. The third kappa shape index (κ3) is 4.18. The average molecular weight is 387 g/mol. The fourth-order valence-electron chi connectivity index (χ4n) is 1.64. The van der Waals surface area contributed by atoms with Gasteiger partial charge in [0.2, 0.25) is 0 Å². The van der Waals surface area contributed by atoms with Gasteiger partial charge in [-0.05, 0) is 58.8 Å². The summed E-state index contributed by atoms with van der Waals surface area (Å²) >= 11 is 7.97. The van der Waals surface area contributed by atoms with Crippen LogP contribution in [0.4, 0.5) is 0 Å². The molecule has 0 fully saturated rings.